The SMILES string of the molecule is COc1cnc(OC2CCN(c3nccn4nc(C)cc34)CC2)nc1. The molecule has 0 bridgehead atoms. The summed E-state index contributed by atoms with van der Waals surface area (Å²) in [6, 6.07) is 2.46. The molecule has 4 rings (SSSR count). The van der Waals surface area contributed by atoms with Crippen LogP contribution in [0.5, 0.6) is 11.8 Å². The number of nitrogens with zero attached hydrogens (tertiary/aromatic N) is 6. The van der Waals surface area contributed by atoms with Crippen molar-refractivity contribution >= 4 is 11.3 Å². The molecule has 4 heterocycles. The second-order valence-corrected chi connectivity index (χ2v) is 6.08. The van der Waals surface area contributed by atoms with Crippen molar-refractivity contribution in [3.8, 4) is 11.8 Å². The smallest absolute Gasteiger partial charge is 0.316 e. The lowest BCUT2D eigenvalue weighted by Crippen LogP contribution is -2.39. The van der Waals surface area contributed by atoms with E-state index in [0.717, 1.165) is 43.0 Å². The topological polar surface area (TPSA) is 77.7 Å². The Morgan fingerprint density at radius 3 is 2.60 bits per heavy atom. The number of hydrogen-bond acceptors (Lipinski definition) is 7. The molecule has 8 heteroatoms. The number of piperidine rings is 1. The summed E-state index contributed by atoms with van der Waals surface area (Å²) in [6.07, 6.45) is 8.80. The largest absolute Gasteiger partial charge is 0.494 e. The zero-order valence-corrected chi connectivity index (χ0v) is 14.3. The summed E-state index contributed by atoms with van der Waals surface area (Å²) in [7, 11) is 1.59. The van der Waals surface area contributed by atoms with E-state index in [1.807, 2.05) is 17.6 Å². The molecular formula is C17H20N6O2. The van der Waals surface area contributed by atoms with Gasteiger partial charge < -0.3 is 14.4 Å². The minimum Gasteiger partial charge on any atom is -0.494 e. The first-order valence-electron chi connectivity index (χ1n) is 8.31. The van der Waals surface area contributed by atoms with Gasteiger partial charge >= 0.3 is 6.01 Å². The van der Waals surface area contributed by atoms with Gasteiger partial charge in [-0.15, -0.1) is 0 Å². The van der Waals surface area contributed by atoms with E-state index < -0.39 is 0 Å². The van der Waals surface area contributed by atoms with Crippen LogP contribution in [0.4, 0.5) is 5.82 Å². The van der Waals surface area contributed by atoms with Gasteiger partial charge in [0.2, 0.25) is 0 Å². The maximum Gasteiger partial charge on any atom is 0.316 e. The van der Waals surface area contributed by atoms with Crippen LogP contribution in [0.3, 0.4) is 0 Å². The third kappa shape index (κ3) is 3.19. The first-order valence-corrected chi connectivity index (χ1v) is 8.31. The number of aryl methyl sites for hydroxylation is 1. The molecule has 3 aromatic heterocycles. The fourth-order valence-corrected chi connectivity index (χ4v) is 3.08. The van der Waals surface area contributed by atoms with Crippen LogP contribution in [0.25, 0.3) is 5.52 Å². The lowest BCUT2D eigenvalue weighted by molar-refractivity contribution is 0.156. The Balaban J connectivity index is 1.42. The normalized spacial score (nSPS) is 15.5. The summed E-state index contributed by atoms with van der Waals surface area (Å²) in [4.78, 5) is 15.2. The van der Waals surface area contributed by atoms with Gasteiger partial charge in [-0.2, -0.15) is 15.1 Å². The van der Waals surface area contributed by atoms with Crippen molar-refractivity contribution in [3.63, 3.8) is 0 Å². The molecule has 1 saturated heterocycles. The van der Waals surface area contributed by atoms with Gasteiger partial charge in [0.15, 0.2) is 11.6 Å². The molecule has 1 aliphatic heterocycles. The second-order valence-electron chi connectivity index (χ2n) is 6.08. The van der Waals surface area contributed by atoms with Crippen molar-refractivity contribution in [2.75, 3.05) is 25.1 Å². The van der Waals surface area contributed by atoms with E-state index in [4.69, 9.17) is 9.47 Å². The zero-order valence-electron chi connectivity index (χ0n) is 14.3. The minimum absolute atomic E-state index is 0.107. The molecule has 0 atom stereocenters. The van der Waals surface area contributed by atoms with Crippen molar-refractivity contribution < 1.29 is 9.47 Å². The maximum absolute atomic E-state index is 5.89. The van der Waals surface area contributed by atoms with Crippen LogP contribution in [-0.2, 0) is 0 Å². The molecule has 0 spiro atoms. The fourth-order valence-electron chi connectivity index (χ4n) is 3.08. The predicted molar refractivity (Wildman–Crippen MR) is 92.2 cm³/mol. The second kappa shape index (κ2) is 6.54. The van der Waals surface area contributed by atoms with Crippen molar-refractivity contribution in [3.05, 3.63) is 36.5 Å². The highest BCUT2D eigenvalue weighted by Gasteiger charge is 2.23. The molecule has 25 heavy (non-hydrogen) atoms. The van der Waals surface area contributed by atoms with E-state index in [-0.39, 0.29) is 6.10 Å². The van der Waals surface area contributed by atoms with Crippen LogP contribution < -0.4 is 14.4 Å². The first kappa shape index (κ1) is 15.6. The summed E-state index contributed by atoms with van der Waals surface area (Å²) in [5, 5.41) is 4.45. The van der Waals surface area contributed by atoms with Gasteiger partial charge in [-0.1, -0.05) is 0 Å². The Bertz CT molecular complexity index is 855. The molecule has 0 aromatic carbocycles. The number of hydrogen-bond donors (Lipinski definition) is 0. The summed E-state index contributed by atoms with van der Waals surface area (Å²) >= 11 is 0. The number of fused-ring (bicyclic) bond motifs is 1. The number of rotatable bonds is 4. The summed E-state index contributed by atoms with van der Waals surface area (Å²) in [5.41, 5.74) is 2.03. The van der Waals surface area contributed by atoms with Gasteiger partial charge in [0.1, 0.15) is 11.6 Å². The molecule has 8 nitrogen and oxygen atoms in total. The highest BCUT2D eigenvalue weighted by molar-refractivity contribution is 5.69. The molecule has 0 radical (unpaired) electrons. The van der Waals surface area contributed by atoms with E-state index in [2.05, 4.69) is 31.0 Å². The molecule has 1 aliphatic rings. The Labute approximate surface area is 145 Å². The van der Waals surface area contributed by atoms with E-state index in [0.29, 0.717) is 11.8 Å². The molecule has 0 aliphatic carbocycles. The number of ether oxygens (including phenoxy) is 2. The summed E-state index contributed by atoms with van der Waals surface area (Å²) < 4.78 is 12.8. The number of anilines is 1. The quantitative estimate of drug-likeness (QED) is 0.717. The Hall–Kier alpha value is -2.90. The Morgan fingerprint density at radius 1 is 1.12 bits per heavy atom. The Morgan fingerprint density at radius 2 is 1.88 bits per heavy atom. The van der Waals surface area contributed by atoms with Crippen LogP contribution in [-0.4, -0.2) is 50.9 Å². The van der Waals surface area contributed by atoms with E-state index >= 15 is 0 Å². The molecule has 0 amide bonds. The highest BCUT2D eigenvalue weighted by Crippen LogP contribution is 2.24. The highest BCUT2D eigenvalue weighted by atomic mass is 16.5. The number of methoxy groups -OCH3 is 1. The number of aromatic nitrogens is 5. The molecular weight excluding hydrogens is 320 g/mol. The maximum atomic E-state index is 5.89. The molecule has 0 unspecified atom stereocenters. The lowest BCUT2D eigenvalue weighted by atomic mass is 10.1. The molecule has 1 fully saturated rings. The van der Waals surface area contributed by atoms with Gasteiger partial charge in [0, 0.05) is 38.3 Å². The van der Waals surface area contributed by atoms with Crippen LogP contribution in [0.15, 0.2) is 30.9 Å². The average molecular weight is 340 g/mol. The van der Waals surface area contributed by atoms with Gasteiger partial charge in [-0.05, 0) is 13.0 Å². The van der Waals surface area contributed by atoms with Gasteiger partial charge in [0.25, 0.3) is 0 Å². The molecule has 130 valence electrons. The van der Waals surface area contributed by atoms with Crippen LogP contribution in [0, 0.1) is 6.92 Å². The van der Waals surface area contributed by atoms with Crippen LogP contribution in [0.2, 0.25) is 0 Å². The molecule has 3 aromatic rings. The monoisotopic (exact) mass is 340 g/mol. The molecule has 0 N–H and O–H groups in total. The average Bonchev–Trinajstić information content (AvgIpc) is 3.03. The van der Waals surface area contributed by atoms with Crippen molar-refractivity contribution in [2.45, 2.75) is 25.9 Å². The minimum atomic E-state index is 0.107. The van der Waals surface area contributed by atoms with Gasteiger partial charge in [0.05, 0.1) is 25.2 Å². The van der Waals surface area contributed by atoms with Gasteiger partial charge in [-0.3, -0.25) is 0 Å². The lowest BCUT2D eigenvalue weighted by Gasteiger charge is -2.32. The Kier molecular flexibility index (Phi) is 4.09. The van der Waals surface area contributed by atoms with Crippen LogP contribution in [0.1, 0.15) is 18.5 Å². The van der Waals surface area contributed by atoms with E-state index in [1.54, 1.807) is 25.7 Å². The van der Waals surface area contributed by atoms with Gasteiger partial charge in [-0.25, -0.2) is 9.50 Å². The fraction of sp³-hybridized carbons (Fsp3) is 0.412. The zero-order chi connectivity index (χ0) is 17.2. The van der Waals surface area contributed by atoms with Crippen molar-refractivity contribution in [2.24, 2.45) is 0 Å². The van der Waals surface area contributed by atoms with Crippen LogP contribution >= 0.6 is 0 Å². The van der Waals surface area contributed by atoms with Crippen molar-refractivity contribution in [1.29, 1.82) is 0 Å². The van der Waals surface area contributed by atoms with E-state index in [9.17, 15) is 0 Å². The van der Waals surface area contributed by atoms with Crippen molar-refractivity contribution in [1.82, 2.24) is 24.6 Å². The third-order valence-corrected chi connectivity index (χ3v) is 4.35. The van der Waals surface area contributed by atoms with E-state index in [1.165, 1.54) is 0 Å². The summed E-state index contributed by atoms with van der Waals surface area (Å²) in [6.45, 7) is 3.74. The molecule has 0 saturated carbocycles. The summed E-state index contributed by atoms with van der Waals surface area (Å²) in [5.74, 6) is 1.60. The predicted octanol–water partition coefficient (Wildman–Crippen LogP) is 1.88. The third-order valence-electron chi connectivity index (χ3n) is 4.35. The first-order chi connectivity index (χ1) is 12.2. The standard InChI is InChI=1S/C17H20N6O2/c1-12-9-15-16(18-5-8-23(15)21-12)22-6-3-13(4-7-22)25-17-19-10-14(24-2)11-20-17/h5,8-11,13H,3-4,6-7H2,1-2H3.